The number of alkyl halides is 4. The fourth-order valence-electron chi connectivity index (χ4n) is 4.08. The van der Waals surface area contributed by atoms with Gasteiger partial charge >= 0.3 is 12.3 Å². The van der Waals surface area contributed by atoms with Crippen LogP contribution in [0.5, 0.6) is 0 Å². The highest BCUT2D eigenvalue weighted by Crippen LogP contribution is 2.45. The third kappa shape index (κ3) is 3.32. The molecule has 8 nitrogen and oxygen atoms in total. The molecule has 1 amide bonds. The summed E-state index contributed by atoms with van der Waals surface area (Å²) in [6.45, 7) is 0.601. The second-order valence-corrected chi connectivity index (χ2v) is 7.47. The summed E-state index contributed by atoms with van der Waals surface area (Å²) >= 11 is 0. The van der Waals surface area contributed by atoms with Gasteiger partial charge in [-0.3, -0.25) is 10.00 Å². The van der Waals surface area contributed by atoms with E-state index in [9.17, 15) is 26.7 Å². The van der Waals surface area contributed by atoms with Crippen LogP contribution in [0.2, 0.25) is 0 Å². The summed E-state index contributed by atoms with van der Waals surface area (Å²) in [5, 5.41) is 9.56. The van der Waals surface area contributed by atoms with Crippen molar-refractivity contribution in [3.05, 3.63) is 35.9 Å². The summed E-state index contributed by atoms with van der Waals surface area (Å²) in [5.41, 5.74) is -0.612. The van der Waals surface area contributed by atoms with E-state index >= 15 is 0 Å². The fraction of sp³-hybridized carbons (Fsp3) is 0.368. The molecule has 32 heavy (non-hydrogen) atoms. The van der Waals surface area contributed by atoms with Gasteiger partial charge in [-0.25, -0.2) is 23.5 Å². The zero-order valence-electron chi connectivity index (χ0n) is 16.2. The maximum atomic E-state index is 14.6. The Labute approximate surface area is 176 Å². The first-order valence-electron chi connectivity index (χ1n) is 9.66. The normalized spacial score (nSPS) is 23.5. The Balaban J connectivity index is 1.76. The lowest BCUT2D eigenvalue weighted by Crippen LogP contribution is -2.39. The molecule has 0 saturated carbocycles. The van der Waals surface area contributed by atoms with Crippen LogP contribution in [-0.4, -0.2) is 51.3 Å². The van der Waals surface area contributed by atoms with Crippen molar-refractivity contribution in [2.24, 2.45) is 0 Å². The summed E-state index contributed by atoms with van der Waals surface area (Å²) in [6, 6.07) is 2.95. The van der Waals surface area contributed by atoms with E-state index in [2.05, 4.69) is 30.4 Å². The van der Waals surface area contributed by atoms with Gasteiger partial charge in [-0.05, 0) is 31.2 Å². The lowest BCUT2D eigenvalue weighted by Gasteiger charge is -2.28. The molecule has 0 unspecified atom stereocenters. The maximum absolute atomic E-state index is 14.6. The Morgan fingerprint density at radius 1 is 1.19 bits per heavy atom. The van der Waals surface area contributed by atoms with Crippen molar-refractivity contribution < 1.29 is 31.5 Å². The fourth-order valence-corrected chi connectivity index (χ4v) is 4.08. The van der Waals surface area contributed by atoms with Crippen molar-refractivity contribution in [1.29, 1.82) is 0 Å². The lowest BCUT2D eigenvalue weighted by molar-refractivity contribution is -0.206. The number of piperidine rings is 1. The summed E-state index contributed by atoms with van der Waals surface area (Å²) < 4.78 is 75.7. The van der Waals surface area contributed by atoms with E-state index in [0.717, 1.165) is 18.5 Å². The van der Waals surface area contributed by atoms with Crippen LogP contribution < -0.4 is 10.6 Å². The molecule has 2 aromatic heterocycles. The van der Waals surface area contributed by atoms with Crippen LogP contribution in [0.4, 0.5) is 32.6 Å². The van der Waals surface area contributed by atoms with Gasteiger partial charge in [0.15, 0.2) is 0 Å². The topological polar surface area (TPSA) is 94.0 Å². The number of carbonyl (C=O) groups excluding carboxylic acids is 1. The van der Waals surface area contributed by atoms with Crippen LogP contribution in [0.1, 0.15) is 24.1 Å². The Morgan fingerprint density at radius 2 is 2.00 bits per heavy atom. The highest BCUT2D eigenvalue weighted by Gasteiger charge is 2.50. The third-order valence-corrected chi connectivity index (χ3v) is 5.47. The first-order chi connectivity index (χ1) is 15.2. The number of nitrogens with one attached hydrogen (secondary N) is 2. The number of carbonyl (C=O) groups is 1. The van der Waals surface area contributed by atoms with E-state index in [-0.39, 0.29) is 23.3 Å². The second-order valence-electron chi connectivity index (χ2n) is 7.47. The average Bonchev–Trinajstić information content (AvgIpc) is 3.10. The van der Waals surface area contributed by atoms with Crippen molar-refractivity contribution in [2.75, 3.05) is 18.4 Å². The number of hydrogen-bond donors (Lipinski definition) is 2. The standard InChI is InChI=1S/C19H15F5N6O2/c20-8-1-2-11-9(5-8)14(29-30(11)12-3-4-25-6-10(12)21)15-13-16(19(22,23)24)32-18(31)28-17(13)27-7-26-15/h1-2,5,7,10,12,16,25H,3-4,6H2,(H,26,27,28,31)/t10-,12+,16-/m1/s1. The summed E-state index contributed by atoms with van der Waals surface area (Å²) in [6.07, 6.45) is -8.91. The van der Waals surface area contributed by atoms with Crippen LogP contribution in [0, 0.1) is 5.82 Å². The van der Waals surface area contributed by atoms with Gasteiger partial charge in [0.2, 0.25) is 6.10 Å². The molecule has 2 aliphatic rings. The molecule has 0 spiro atoms. The van der Waals surface area contributed by atoms with Crippen LogP contribution in [-0.2, 0) is 4.74 Å². The van der Waals surface area contributed by atoms with Crippen LogP contribution in [0.25, 0.3) is 22.3 Å². The van der Waals surface area contributed by atoms with E-state index in [4.69, 9.17) is 0 Å². The molecule has 0 bridgehead atoms. The molecule has 0 radical (unpaired) electrons. The Kier molecular flexibility index (Phi) is 4.73. The van der Waals surface area contributed by atoms with E-state index < -0.39 is 47.8 Å². The number of anilines is 1. The van der Waals surface area contributed by atoms with Gasteiger partial charge in [-0.1, -0.05) is 0 Å². The van der Waals surface area contributed by atoms with Crippen molar-refractivity contribution in [3.8, 4) is 11.4 Å². The van der Waals surface area contributed by atoms with Crippen LogP contribution >= 0.6 is 0 Å². The molecule has 13 heteroatoms. The maximum Gasteiger partial charge on any atom is 0.430 e. The molecular weight excluding hydrogens is 439 g/mol. The van der Waals surface area contributed by atoms with Gasteiger partial charge < -0.3 is 10.1 Å². The Morgan fingerprint density at radius 3 is 2.75 bits per heavy atom. The van der Waals surface area contributed by atoms with Gasteiger partial charge in [0, 0.05) is 11.9 Å². The van der Waals surface area contributed by atoms with Crippen molar-refractivity contribution in [1.82, 2.24) is 25.1 Å². The third-order valence-electron chi connectivity index (χ3n) is 5.47. The number of halogens is 5. The van der Waals surface area contributed by atoms with Gasteiger partial charge in [-0.2, -0.15) is 18.3 Å². The first-order valence-corrected chi connectivity index (χ1v) is 9.66. The first kappa shape index (κ1) is 20.5. The van der Waals surface area contributed by atoms with Crippen molar-refractivity contribution >= 4 is 22.8 Å². The Hall–Kier alpha value is -3.35. The van der Waals surface area contributed by atoms with Gasteiger partial charge in [0.05, 0.1) is 17.1 Å². The number of ether oxygens (including phenoxy) is 1. The number of aromatic nitrogens is 4. The predicted molar refractivity (Wildman–Crippen MR) is 101 cm³/mol. The minimum atomic E-state index is -4.96. The molecule has 0 aliphatic carbocycles. The van der Waals surface area contributed by atoms with E-state index in [0.29, 0.717) is 18.5 Å². The average molecular weight is 454 g/mol. The molecule has 1 fully saturated rings. The van der Waals surface area contributed by atoms with E-state index in [1.54, 1.807) is 0 Å². The predicted octanol–water partition coefficient (Wildman–Crippen LogP) is 3.67. The SMILES string of the molecule is O=C1Nc2ncnc(-c3nn([C@H]4CCNC[C@H]4F)c4ccc(F)cc34)c2[C@H](C(F)(F)F)O1. The lowest BCUT2D eigenvalue weighted by atomic mass is 10.0. The molecular formula is C19H15F5N6O2. The number of cyclic esters (lactones) is 1. The van der Waals surface area contributed by atoms with Crippen LogP contribution in [0.15, 0.2) is 24.5 Å². The summed E-state index contributed by atoms with van der Waals surface area (Å²) in [7, 11) is 0. The van der Waals surface area contributed by atoms with Crippen LogP contribution in [0.3, 0.4) is 0 Å². The smallest absolute Gasteiger partial charge is 0.430 e. The number of hydrogen-bond acceptors (Lipinski definition) is 6. The summed E-state index contributed by atoms with van der Waals surface area (Å²) in [5.74, 6) is -1.04. The molecule has 5 rings (SSSR count). The highest BCUT2D eigenvalue weighted by molar-refractivity contribution is 5.96. The van der Waals surface area contributed by atoms with Crippen molar-refractivity contribution in [3.63, 3.8) is 0 Å². The number of nitrogens with zero attached hydrogens (tertiary/aromatic N) is 4. The quantitative estimate of drug-likeness (QED) is 0.574. The second kappa shape index (κ2) is 7.36. The van der Waals surface area contributed by atoms with Crippen molar-refractivity contribution in [2.45, 2.75) is 30.9 Å². The zero-order valence-corrected chi connectivity index (χ0v) is 16.2. The largest absolute Gasteiger partial charge is 0.431 e. The molecule has 3 atom stereocenters. The molecule has 1 saturated heterocycles. The van der Waals surface area contributed by atoms with Gasteiger partial charge in [0.25, 0.3) is 0 Å². The van der Waals surface area contributed by atoms with E-state index in [1.165, 1.54) is 10.7 Å². The number of benzene rings is 1. The summed E-state index contributed by atoms with van der Waals surface area (Å²) in [4.78, 5) is 19.3. The molecule has 1 aromatic carbocycles. The van der Waals surface area contributed by atoms with E-state index in [1.807, 2.05) is 0 Å². The van der Waals surface area contributed by atoms with Gasteiger partial charge in [-0.15, -0.1) is 0 Å². The number of amides is 1. The highest BCUT2D eigenvalue weighted by atomic mass is 19.4. The number of fused-ring (bicyclic) bond motifs is 2. The minimum Gasteiger partial charge on any atom is -0.431 e. The number of rotatable bonds is 2. The zero-order chi connectivity index (χ0) is 22.6. The molecule has 2 aliphatic heterocycles. The minimum absolute atomic E-state index is 0.0848. The van der Waals surface area contributed by atoms with Gasteiger partial charge in [0.1, 0.15) is 35.5 Å². The molecule has 4 heterocycles. The Bertz CT molecular complexity index is 1210. The molecule has 3 aromatic rings. The monoisotopic (exact) mass is 454 g/mol. The molecule has 168 valence electrons. The molecule has 2 N–H and O–H groups in total.